The number of ether oxygens (including phenoxy) is 1. The second-order valence-corrected chi connectivity index (χ2v) is 4.93. The molecule has 1 unspecified atom stereocenters. The molecule has 1 aliphatic heterocycles. The zero-order chi connectivity index (χ0) is 15.7. The molecule has 0 aromatic carbocycles. The van der Waals surface area contributed by atoms with Crippen molar-refractivity contribution in [2.45, 2.75) is 25.8 Å². The molecule has 3 N–H and O–H groups in total. The number of rotatable bonds is 8. The highest BCUT2D eigenvalue weighted by atomic mass is 16.5. The summed E-state index contributed by atoms with van der Waals surface area (Å²) in [4.78, 5) is 35.7. The minimum atomic E-state index is -1.10. The average molecular weight is 301 g/mol. The van der Waals surface area contributed by atoms with Gasteiger partial charge in [-0.2, -0.15) is 0 Å². The molecule has 21 heavy (non-hydrogen) atoms. The second-order valence-electron chi connectivity index (χ2n) is 4.93. The van der Waals surface area contributed by atoms with Crippen LogP contribution < -0.4 is 10.6 Å². The predicted octanol–water partition coefficient (Wildman–Crippen LogP) is -1.20. The molecule has 0 saturated carbocycles. The van der Waals surface area contributed by atoms with Gasteiger partial charge >= 0.3 is 5.97 Å². The Hall–Kier alpha value is -1.67. The first-order valence-electron chi connectivity index (χ1n) is 7.08. The first-order valence-corrected chi connectivity index (χ1v) is 7.08. The van der Waals surface area contributed by atoms with Crippen molar-refractivity contribution in [1.82, 2.24) is 15.5 Å². The molecule has 0 spiro atoms. The molecule has 2 amide bonds. The number of carboxylic acids is 1. The zero-order valence-electron chi connectivity index (χ0n) is 12.3. The smallest absolute Gasteiger partial charge is 0.325 e. The van der Waals surface area contributed by atoms with Crippen molar-refractivity contribution >= 4 is 17.8 Å². The maximum atomic E-state index is 11.6. The molecular weight excluding hydrogens is 278 g/mol. The molecule has 8 nitrogen and oxygen atoms in total. The van der Waals surface area contributed by atoms with E-state index in [0.29, 0.717) is 6.54 Å². The molecule has 1 aliphatic rings. The summed E-state index contributed by atoms with van der Waals surface area (Å²) in [5, 5.41) is 13.7. The molecule has 120 valence electrons. The lowest BCUT2D eigenvalue weighted by atomic mass is 10.2. The predicted molar refractivity (Wildman–Crippen MR) is 74.7 cm³/mol. The van der Waals surface area contributed by atoms with Crippen LogP contribution in [-0.4, -0.2) is 73.2 Å². The van der Waals surface area contributed by atoms with E-state index in [0.717, 1.165) is 32.8 Å². The third kappa shape index (κ3) is 7.62. The molecule has 8 heteroatoms. The fourth-order valence-corrected chi connectivity index (χ4v) is 1.87. The summed E-state index contributed by atoms with van der Waals surface area (Å²) in [7, 11) is 0. The minimum absolute atomic E-state index is 0.0129. The molecule has 1 fully saturated rings. The van der Waals surface area contributed by atoms with Crippen molar-refractivity contribution in [3.8, 4) is 0 Å². The highest BCUT2D eigenvalue weighted by Gasteiger charge is 2.15. The van der Waals surface area contributed by atoms with Crippen molar-refractivity contribution < 1.29 is 24.2 Å². The van der Waals surface area contributed by atoms with Crippen LogP contribution >= 0.6 is 0 Å². The Balaban J connectivity index is 2.07. The highest BCUT2D eigenvalue weighted by Crippen LogP contribution is 1.95. The largest absolute Gasteiger partial charge is 0.480 e. The maximum Gasteiger partial charge on any atom is 0.325 e. The van der Waals surface area contributed by atoms with Crippen LogP contribution in [0.5, 0.6) is 0 Å². The van der Waals surface area contributed by atoms with Crippen LogP contribution in [0.1, 0.15) is 19.8 Å². The molecular formula is C13H23N3O5. The molecule has 0 aliphatic carbocycles. The molecule has 1 heterocycles. The van der Waals surface area contributed by atoms with Crippen molar-refractivity contribution in [2.75, 3.05) is 39.4 Å². The average Bonchev–Trinajstić information content (AvgIpc) is 2.46. The number of aliphatic carboxylic acids is 1. The SMILES string of the molecule is CC(NC(=O)CCC(=O)NCCN1CCOCC1)C(=O)O. The van der Waals surface area contributed by atoms with E-state index >= 15 is 0 Å². The summed E-state index contributed by atoms with van der Waals surface area (Å²) in [6.45, 7) is 5.84. The van der Waals surface area contributed by atoms with E-state index in [1.54, 1.807) is 0 Å². The van der Waals surface area contributed by atoms with Gasteiger partial charge in [0.1, 0.15) is 6.04 Å². The van der Waals surface area contributed by atoms with Gasteiger partial charge in [-0.25, -0.2) is 0 Å². The van der Waals surface area contributed by atoms with Crippen molar-refractivity contribution in [2.24, 2.45) is 0 Å². The van der Waals surface area contributed by atoms with Crippen LogP contribution in [0.2, 0.25) is 0 Å². The lowest BCUT2D eigenvalue weighted by Gasteiger charge is -2.26. The lowest BCUT2D eigenvalue weighted by molar-refractivity contribution is -0.141. The van der Waals surface area contributed by atoms with Gasteiger partial charge in [-0.1, -0.05) is 0 Å². The fraction of sp³-hybridized carbons (Fsp3) is 0.769. The van der Waals surface area contributed by atoms with Crippen LogP contribution in [0.3, 0.4) is 0 Å². The van der Waals surface area contributed by atoms with Gasteiger partial charge < -0.3 is 20.5 Å². The van der Waals surface area contributed by atoms with Gasteiger partial charge in [0.15, 0.2) is 0 Å². The third-order valence-electron chi connectivity index (χ3n) is 3.18. The number of carboxylic acid groups (broad SMARTS) is 1. The number of hydrogen-bond acceptors (Lipinski definition) is 5. The molecule has 0 bridgehead atoms. The molecule has 0 radical (unpaired) electrons. The summed E-state index contributed by atoms with van der Waals surface area (Å²) in [5.41, 5.74) is 0. The van der Waals surface area contributed by atoms with E-state index in [4.69, 9.17) is 9.84 Å². The number of morpholine rings is 1. The number of amides is 2. The quantitative estimate of drug-likeness (QED) is 0.520. The van der Waals surface area contributed by atoms with E-state index in [1.807, 2.05) is 0 Å². The van der Waals surface area contributed by atoms with E-state index < -0.39 is 17.9 Å². The van der Waals surface area contributed by atoms with Crippen molar-refractivity contribution in [1.29, 1.82) is 0 Å². The molecule has 0 aromatic heterocycles. The standard InChI is InChI=1S/C13H23N3O5/c1-10(13(19)20)15-12(18)3-2-11(17)14-4-5-16-6-8-21-9-7-16/h10H,2-9H2,1H3,(H,14,17)(H,15,18)(H,19,20). The summed E-state index contributed by atoms with van der Waals surface area (Å²) in [5.74, 6) is -1.74. The molecule has 1 rings (SSSR count). The Bertz CT molecular complexity index is 369. The number of hydrogen-bond donors (Lipinski definition) is 3. The Morgan fingerprint density at radius 1 is 1.19 bits per heavy atom. The van der Waals surface area contributed by atoms with Gasteiger partial charge in [-0.05, 0) is 6.92 Å². The van der Waals surface area contributed by atoms with E-state index in [2.05, 4.69) is 15.5 Å². The molecule has 1 saturated heterocycles. The number of nitrogens with one attached hydrogen (secondary N) is 2. The fourth-order valence-electron chi connectivity index (χ4n) is 1.87. The summed E-state index contributed by atoms with van der Waals surface area (Å²) >= 11 is 0. The Labute approximate surface area is 123 Å². The van der Waals surface area contributed by atoms with Crippen LogP contribution in [0.25, 0.3) is 0 Å². The van der Waals surface area contributed by atoms with Crippen LogP contribution in [-0.2, 0) is 19.1 Å². The monoisotopic (exact) mass is 301 g/mol. The first-order chi connectivity index (χ1) is 9.99. The highest BCUT2D eigenvalue weighted by molar-refractivity contribution is 5.86. The topological polar surface area (TPSA) is 108 Å². The van der Waals surface area contributed by atoms with E-state index in [1.165, 1.54) is 6.92 Å². The third-order valence-corrected chi connectivity index (χ3v) is 3.18. The van der Waals surface area contributed by atoms with E-state index in [-0.39, 0.29) is 18.7 Å². The summed E-state index contributed by atoms with van der Waals surface area (Å²) < 4.78 is 5.23. The van der Waals surface area contributed by atoms with Gasteiger partial charge in [0.25, 0.3) is 0 Å². The van der Waals surface area contributed by atoms with Gasteiger partial charge in [0.05, 0.1) is 13.2 Å². The number of carbonyl (C=O) groups excluding carboxylic acids is 2. The Morgan fingerprint density at radius 3 is 2.43 bits per heavy atom. The normalized spacial score (nSPS) is 17.0. The summed E-state index contributed by atoms with van der Waals surface area (Å²) in [6.07, 6.45) is 0.0439. The van der Waals surface area contributed by atoms with Crippen molar-refractivity contribution in [3.63, 3.8) is 0 Å². The summed E-state index contributed by atoms with van der Waals surface area (Å²) in [6, 6.07) is -0.943. The van der Waals surface area contributed by atoms with E-state index in [9.17, 15) is 14.4 Å². The Morgan fingerprint density at radius 2 is 1.81 bits per heavy atom. The van der Waals surface area contributed by atoms with Gasteiger partial charge in [-0.3, -0.25) is 19.3 Å². The first kappa shape index (κ1) is 17.4. The van der Waals surface area contributed by atoms with Crippen LogP contribution in [0.4, 0.5) is 0 Å². The number of nitrogens with zero attached hydrogens (tertiary/aromatic N) is 1. The number of carbonyl (C=O) groups is 3. The zero-order valence-corrected chi connectivity index (χ0v) is 12.3. The van der Waals surface area contributed by atoms with Gasteiger partial charge in [0.2, 0.25) is 11.8 Å². The lowest BCUT2D eigenvalue weighted by Crippen LogP contribution is -2.41. The minimum Gasteiger partial charge on any atom is -0.480 e. The van der Waals surface area contributed by atoms with Gasteiger partial charge in [-0.15, -0.1) is 0 Å². The maximum absolute atomic E-state index is 11.6. The molecule has 1 atom stereocenters. The second kappa shape index (κ2) is 9.30. The molecule has 0 aromatic rings. The van der Waals surface area contributed by atoms with Crippen molar-refractivity contribution in [3.05, 3.63) is 0 Å². The van der Waals surface area contributed by atoms with Crippen LogP contribution in [0, 0.1) is 0 Å². The van der Waals surface area contributed by atoms with Gasteiger partial charge in [0, 0.05) is 39.0 Å². The Kier molecular flexibility index (Phi) is 7.70. The van der Waals surface area contributed by atoms with Crippen LogP contribution in [0.15, 0.2) is 0 Å².